The number of nitrogens with one attached hydrogen (secondary N) is 1. The summed E-state index contributed by atoms with van der Waals surface area (Å²) < 4.78 is 26.2. The lowest BCUT2D eigenvalue weighted by atomic mass is 9.84. The second kappa shape index (κ2) is 6.79. The summed E-state index contributed by atoms with van der Waals surface area (Å²) in [5.74, 6) is -1.81. The van der Waals surface area contributed by atoms with Gasteiger partial charge in [0.15, 0.2) is 0 Å². The zero-order valence-corrected chi connectivity index (χ0v) is 12.2. The van der Waals surface area contributed by atoms with Crippen LogP contribution in [0.1, 0.15) is 32.8 Å². The molecular weight excluding hydrogens is 262 g/mol. The molecular formula is C15H22F2N2O. The molecule has 1 amide bonds. The number of carbonyl (C=O) groups is 1. The summed E-state index contributed by atoms with van der Waals surface area (Å²) in [7, 11) is 0. The molecule has 112 valence electrons. The Morgan fingerprint density at radius 2 is 2.00 bits per heavy atom. The molecule has 1 aromatic rings. The number of hydrogen-bond acceptors (Lipinski definition) is 2. The highest BCUT2D eigenvalue weighted by Gasteiger charge is 2.23. The van der Waals surface area contributed by atoms with Crippen molar-refractivity contribution in [3.8, 4) is 0 Å². The average Bonchev–Trinajstić information content (AvgIpc) is 2.33. The minimum atomic E-state index is -0.662. The van der Waals surface area contributed by atoms with Gasteiger partial charge in [-0.2, -0.15) is 0 Å². The zero-order chi connectivity index (χ0) is 15.3. The number of benzene rings is 1. The molecule has 5 heteroatoms. The van der Waals surface area contributed by atoms with E-state index in [0.717, 1.165) is 6.07 Å². The van der Waals surface area contributed by atoms with Crippen LogP contribution < -0.4 is 11.1 Å². The van der Waals surface area contributed by atoms with Crippen molar-refractivity contribution in [2.75, 3.05) is 6.54 Å². The summed E-state index contributed by atoms with van der Waals surface area (Å²) in [6, 6.07) is 3.29. The van der Waals surface area contributed by atoms with Crippen molar-refractivity contribution in [1.82, 2.24) is 5.32 Å². The second-order valence-corrected chi connectivity index (χ2v) is 6.15. The first kappa shape index (κ1) is 16.6. The fourth-order valence-electron chi connectivity index (χ4n) is 2.01. The first-order valence-electron chi connectivity index (χ1n) is 6.64. The Morgan fingerprint density at radius 3 is 2.50 bits per heavy atom. The smallest absolute Gasteiger partial charge is 0.224 e. The van der Waals surface area contributed by atoms with Crippen molar-refractivity contribution in [2.45, 2.75) is 33.7 Å². The minimum Gasteiger partial charge on any atom is -0.352 e. The molecule has 0 fully saturated rings. The topological polar surface area (TPSA) is 55.1 Å². The highest BCUT2D eigenvalue weighted by Crippen LogP contribution is 2.24. The fourth-order valence-corrected chi connectivity index (χ4v) is 2.01. The molecule has 0 heterocycles. The second-order valence-electron chi connectivity index (χ2n) is 6.15. The van der Waals surface area contributed by atoms with Crippen molar-refractivity contribution < 1.29 is 13.6 Å². The third-order valence-corrected chi connectivity index (χ3v) is 2.98. The predicted octanol–water partition coefficient (Wildman–Crippen LogP) is 2.59. The molecule has 3 N–H and O–H groups in total. The molecule has 0 aliphatic heterocycles. The number of carbonyl (C=O) groups excluding carboxylic acids is 1. The largest absolute Gasteiger partial charge is 0.352 e. The molecule has 0 aliphatic rings. The fraction of sp³-hybridized carbons (Fsp3) is 0.533. The van der Waals surface area contributed by atoms with Crippen LogP contribution in [0.15, 0.2) is 18.2 Å². The maximum Gasteiger partial charge on any atom is 0.224 e. The standard InChI is InChI=1S/C15H22F2N2O/c1-15(2,3)7-11(8-18)14(20)19-9-10-4-5-12(16)6-13(10)17/h4-6,11H,7-9,18H2,1-3H3,(H,19,20). The van der Waals surface area contributed by atoms with Gasteiger partial charge in [0.1, 0.15) is 11.6 Å². The van der Waals surface area contributed by atoms with Crippen molar-refractivity contribution >= 4 is 5.91 Å². The normalized spacial score (nSPS) is 13.1. The predicted molar refractivity (Wildman–Crippen MR) is 74.8 cm³/mol. The van der Waals surface area contributed by atoms with Crippen LogP contribution in [0.2, 0.25) is 0 Å². The summed E-state index contributed by atoms with van der Waals surface area (Å²) in [6.45, 7) is 6.37. The van der Waals surface area contributed by atoms with Crippen molar-refractivity contribution in [1.29, 1.82) is 0 Å². The highest BCUT2D eigenvalue weighted by atomic mass is 19.1. The van der Waals surface area contributed by atoms with Gasteiger partial charge in [-0.3, -0.25) is 4.79 Å². The van der Waals surface area contributed by atoms with Crippen molar-refractivity contribution in [3.63, 3.8) is 0 Å². The molecule has 0 radical (unpaired) electrons. The minimum absolute atomic E-state index is 0.0114. The van der Waals surface area contributed by atoms with Gasteiger partial charge in [-0.1, -0.05) is 26.8 Å². The monoisotopic (exact) mass is 284 g/mol. The molecule has 0 aromatic heterocycles. The molecule has 1 unspecified atom stereocenters. The van der Waals surface area contributed by atoms with Crippen LogP contribution >= 0.6 is 0 Å². The number of rotatable bonds is 5. The van der Waals surface area contributed by atoms with Crippen LogP contribution in [0.25, 0.3) is 0 Å². The van der Waals surface area contributed by atoms with Gasteiger partial charge in [0, 0.05) is 24.7 Å². The van der Waals surface area contributed by atoms with Gasteiger partial charge in [0.2, 0.25) is 5.91 Å². The lowest BCUT2D eigenvalue weighted by Crippen LogP contribution is -2.37. The molecule has 1 rings (SSSR count). The van der Waals surface area contributed by atoms with Crippen LogP contribution in [0.5, 0.6) is 0 Å². The van der Waals surface area contributed by atoms with Gasteiger partial charge in [-0.25, -0.2) is 8.78 Å². The third kappa shape index (κ3) is 5.25. The molecule has 1 atom stereocenters. The quantitative estimate of drug-likeness (QED) is 0.873. The van der Waals surface area contributed by atoms with Crippen LogP contribution in [0, 0.1) is 23.0 Å². The molecule has 0 aliphatic carbocycles. The number of nitrogens with two attached hydrogens (primary N) is 1. The Labute approximate surface area is 118 Å². The Bertz CT molecular complexity index is 469. The summed E-state index contributed by atoms with van der Waals surface area (Å²) in [5, 5.41) is 2.65. The van der Waals surface area contributed by atoms with Crippen LogP contribution in [-0.4, -0.2) is 12.5 Å². The SMILES string of the molecule is CC(C)(C)CC(CN)C(=O)NCc1ccc(F)cc1F. The molecule has 20 heavy (non-hydrogen) atoms. The van der Waals surface area contributed by atoms with E-state index in [-0.39, 0.29) is 35.9 Å². The lowest BCUT2D eigenvalue weighted by Gasteiger charge is -2.24. The Balaban J connectivity index is 2.61. The summed E-state index contributed by atoms with van der Waals surface area (Å²) in [4.78, 5) is 12.0. The van der Waals surface area contributed by atoms with E-state index < -0.39 is 11.6 Å². The van der Waals surface area contributed by atoms with Crippen molar-refractivity contribution in [3.05, 3.63) is 35.4 Å². The molecule has 1 aromatic carbocycles. The van der Waals surface area contributed by atoms with E-state index in [1.54, 1.807) is 0 Å². The third-order valence-electron chi connectivity index (χ3n) is 2.98. The number of halogens is 2. The van der Waals surface area contributed by atoms with E-state index in [2.05, 4.69) is 5.32 Å². The van der Waals surface area contributed by atoms with Gasteiger partial charge in [0.05, 0.1) is 5.92 Å². The zero-order valence-electron chi connectivity index (χ0n) is 12.2. The Morgan fingerprint density at radius 1 is 1.35 bits per heavy atom. The molecule has 0 bridgehead atoms. The molecule has 0 saturated carbocycles. The van der Waals surface area contributed by atoms with Crippen LogP contribution in [-0.2, 0) is 11.3 Å². The maximum absolute atomic E-state index is 13.4. The van der Waals surface area contributed by atoms with Gasteiger partial charge in [-0.15, -0.1) is 0 Å². The number of amides is 1. The highest BCUT2D eigenvalue weighted by molar-refractivity contribution is 5.78. The molecule has 0 saturated heterocycles. The first-order chi connectivity index (χ1) is 9.23. The molecule has 3 nitrogen and oxygen atoms in total. The number of hydrogen-bond donors (Lipinski definition) is 2. The van der Waals surface area contributed by atoms with E-state index in [9.17, 15) is 13.6 Å². The van der Waals surface area contributed by atoms with E-state index in [1.807, 2.05) is 20.8 Å². The van der Waals surface area contributed by atoms with Gasteiger partial charge < -0.3 is 11.1 Å². The van der Waals surface area contributed by atoms with Crippen LogP contribution in [0.4, 0.5) is 8.78 Å². The van der Waals surface area contributed by atoms with E-state index in [4.69, 9.17) is 5.73 Å². The Hall–Kier alpha value is -1.49. The molecule has 0 spiro atoms. The van der Waals surface area contributed by atoms with E-state index >= 15 is 0 Å². The average molecular weight is 284 g/mol. The van der Waals surface area contributed by atoms with E-state index in [0.29, 0.717) is 6.42 Å². The van der Waals surface area contributed by atoms with Gasteiger partial charge in [0.25, 0.3) is 0 Å². The maximum atomic E-state index is 13.4. The Kier molecular flexibility index (Phi) is 5.62. The van der Waals surface area contributed by atoms with Crippen LogP contribution in [0.3, 0.4) is 0 Å². The first-order valence-corrected chi connectivity index (χ1v) is 6.64. The lowest BCUT2D eigenvalue weighted by molar-refractivity contribution is -0.125. The van der Waals surface area contributed by atoms with E-state index in [1.165, 1.54) is 12.1 Å². The summed E-state index contributed by atoms with van der Waals surface area (Å²) >= 11 is 0. The van der Waals surface area contributed by atoms with Gasteiger partial charge >= 0.3 is 0 Å². The summed E-state index contributed by atoms with van der Waals surface area (Å²) in [6.07, 6.45) is 0.654. The van der Waals surface area contributed by atoms with Crippen molar-refractivity contribution in [2.24, 2.45) is 17.1 Å². The van der Waals surface area contributed by atoms with Gasteiger partial charge in [-0.05, 0) is 17.9 Å². The summed E-state index contributed by atoms with van der Waals surface area (Å²) in [5.41, 5.74) is 5.86.